The molecule has 3 aromatic rings. The van der Waals surface area contributed by atoms with Crippen LogP contribution in [0.2, 0.25) is 0 Å². The molecule has 0 aliphatic carbocycles. The average Bonchev–Trinajstić information content (AvgIpc) is 3.17. The Hall–Kier alpha value is -3.26. The summed E-state index contributed by atoms with van der Waals surface area (Å²) < 4.78 is 10.5. The first-order chi connectivity index (χ1) is 14.0. The number of amides is 1. The van der Waals surface area contributed by atoms with Crippen molar-refractivity contribution >= 4 is 28.9 Å². The van der Waals surface area contributed by atoms with E-state index in [0.29, 0.717) is 17.1 Å². The maximum absolute atomic E-state index is 12.4. The summed E-state index contributed by atoms with van der Waals surface area (Å²) in [5, 5.41) is 5.31. The molecule has 150 valence electrons. The minimum absolute atomic E-state index is 0.0118. The first-order valence-corrected chi connectivity index (χ1v) is 9.84. The molecule has 3 rings (SSSR count). The van der Waals surface area contributed by atoms with Crippen molar-refractivity contribution in [3.63, 3.8) is 0 Å². The van der Waals surface area contributed by atoms with Gasteiger partial charge in [-0.1, -0.05) is 6.07 Å². The van der Waals surface area contributed by atoms with E-state index < -0.39 is 18.0 Å². The fraction of sp³-hybridized carbons (Fsp3) is 0.238. The van der Waals surface area contributed by atoms with Crippen LogP contribution in [0.3, 0.4) is 0 Å². The molecule has 29 heavy (non-hydrogen) atoms. The number of aromatic nitrogens is 2. The molecule has 0 aliphatic heterocycles. The van der Waals surface area contributed by atoms with Gasteiger partial charge in [0.25, 0.3) is 5.91 Å². The SMILES string of the molecule is COc1ccc(C)cc1NC(=O)[C@@H](C)OC(=O)Cc1csc(-c2cccnc2)n1. The van der Waals surface area contributed by atoms with Crippen LogP contribution >= 0.6 is 11.3 Å². The summed E-state index contributed by atoms with van der Waals surface area (Å²) >= 11 is 1.42. The topological polar surface area (TPSA) is 90.4 Å². The third-order valence-electron chi connectivity index (χ3n) is 4.08. The van der Waals surface area contributed by atoms with Crippen LogP contribution in [-0.4, -0.2) is 35.1 Å². The lowest BCUT2D eigenvalue weighted by atomic mass is 10.2. The Morgan fingerprint density at radius 1 is 1.28 bits per heavy atom. The minimum Gasteiger partial charge on any atom is -0.495 e. The normalized spacial score (nSPS) is 11.6. The van der Waals surface area contributed by atoms with Crippen molar-refractivity contribution in [3.05, 3.63) is 59.4 Å². The second-order valence-corrected chi connectivity index (χ2v) is 7.25. The zero-order valence-corrected chi connectivity index (χ0v) is 17.2. The van der Waals surface area contributed by atoms with Gasteiger partial charge in [0.1, 0.15) is 10.8 Å². The highest BCUT2D eigenvalue weighted by molar-refractivity contribution is 7.13. The van der Waals surface area contributed by atoms with E-state index in [1.807, 2.05) is 25.1 Å². The average molecular weight is 411 g/mol. The Balaban J connectivity index is 1.57. The second kappa shape index (κ2) is 9.29. The fourth-order valence-electron chi connectivity index (χ4n) is 2.60. The molecule has 1 N–H and O–H groups in total. The molecular weight excluding hydrogens is 390 g/mol. The highest BCUT2D eigenvalue weighted by Crippen LogP contribution is 2.26. The lowest BCUT2D eigenvalue weighted by Crippen LogP contribution is -2.30. The maximum Gasteiger partial charge on any atom is 0.312 e. The summed E-state index contributed by atoms with van der Waals surface area (Å²) in [7, 11) is 1.53. The fourth-order valence-corrected chi connectivity index (χ4v) is 3.41. The van der Waals surface area contributed by atoms with Crippen LogP contribution in [0, 0.1) is 6.92 Å². The number of benzene rings is 1. The van der Waals surface area contributed by atoms with Gasteiger partial charge in [-0.15, -0.1) is 11.3 Å². The van der Waals surface area contributed by atoms with Crippen molar-refractivity contribution in [2.45, 2.75) is 26.4 Å². The molecule has 0 radical (unpaired) electrons. The molecule has 0 bridgehead atoms. The van der Waals surface area contributed by atoms with Gasteiger partial charge in [-0.2, -0.15) is 0 Å². The van der Waals surface area contributed by atoms with E-state index >= 15 is 0 Å². The van der Waals surface area contributed by atoms with Crippen LogP contribution in [0.1, 0.15) is 18.2 Å². The molecule has 0 saturated carbocycles. The highest BCUT2D eigenvalue weighted by atomic mass is 32.1. The van der Waals surface area contributed by atoms with Crippen molar-refractivity contribution in [2.24, 2.45) is 0 Å². The van der Waals surface area contributed by atoms with Gasteiger partial charge in [0.2, 0.25) is 0 Å². The number of carbonyl (C=O) groups excluding carboxylic acids is 2. The third-order valence-corrected chi connectivity index (χ3v) is 5.02. The van der Waals surface area contributed by atoms with E-state index in [1.54, 1.807) is 29.9 Å². The van der Waals surface area contributed by atoms with Crippen molar-refractivity contribution in [1.29, 1.82) is 0 Å². The molecule has 0 saturated heterocycles. The van der Waals surface area contributed by atoms with Crippen LogP contribution in [0.4, 0.5) is 5.69 Å². The standard InChI is InChI=1S/C21H21N3O4S/c1-13-6-7-18(27-3)17(9-13)24-20(26)14(2)28-19(25)10-16-12-29-21(23-16)15-5-4-8-22-11-15/h4-9,11-12,14H,10H2,1-3H3,(H,24,26)/t14-/m1/s1. The van der Waals surface area contributed by atoms with Crippen molar-refractivity contribution in [3.8, 4) is 16.3 Å². The lowest BCUT2D eigenvalue weighted by molar-refractivity contribution is -0.152. The van der Waals surface area contributed by atoms with Gasteiger partial charge in [-0.25, -0.2) is 4.98 Å². The summed E-state index contributed by atoms with van der Waals surface area (Å²) in [6.07, 6.45) is 2.44. The molecule has 0 fully saturated rings. The molecule has 0 unspecified atom stereocenters. The predicted octanol–water partition coefficient (Wildman–Crippen LogP) is 3.64. The van der Waals surface area contributed by atoms with Gasteiger partial charge >= 0.3 is 5.97 Å². The van der Waals surface area contributed by atoms with E-state index in [4.69, 9.17) is 9.47 Å². The number of nitrogens with zero attached hydrogens (tertiary/aromatic N) is 2. The molecule has 2 aromatic heterocycles. The van der Waals surface area contributed by atoms with Crippen molar-refractivity contribution < 1.29 is 19.1 Å². The second-order valence-electron chi connectivity index (χ2n) is 6.39. The van der Waals surface area contributed by atoms with Crippen LogP contribution in [-0.2, 0) is 20.7 Å². The Morgan fingerprint density at radius 2 is 2.10 bits per heavy atom. The van der Waals surface area contributed by atoms with Gasteiger partial charge in [0.15, 0.2) is 6.10 Å². The number of aryl methyl sites for hydroxylation is 1. The number of esters is 1. The summed E-state index contributed by atoms with van der Waals surface area (Å²) in [5.41, 5.74) is 2.98. The predicted molar refractivity (Wildman–Crippen MR) is 111 cm³/mol. The number of ether oxygens (including phenoxy) is 2. The van der Waals surface area contributed by atoms with E-state index in [0.717, 1.165) is 16.1 Å². The monoisotopic (exact) mass is 411 g/mol. The summed E-state index contributed by atoms with van der Waals surface area (Å²) in [4.78, 5) is 33.1. The quantitative estimate of drug-likeness (QED) is 0.597. The van der Waals surface area contributed by atoms with Gasteiger partial charge in [0, 0.05) is 23.3 Å². The minimum atomic E-state index is -0.954. The number of methoxy groups -OCH3 is 1. The number of hydrogen-bond donors (Lipinski definition) is 1. The molecular formula is C21H21N3O4S. The van der Waals surface area contributed by atoms with Crippen molar-refractivity contribution in [1.82, 2.24) is 9.97 Å². The van der Waals surface area contributed by atoms with Crippen LogP contribution in [0.5, 0.6) is 5.75 Å². The van der Waals surface area contributed by atoms with Crippen LogP contribution in [0.25, 0.3) is 10.6 Å². The Labute approximate surface area is 172 Å². The number of anilines is 1. The van der Waals surface area contributed by atoms with E-state index in [-0.39, 0.29) is 6.42 Å². The summed E-state index contributed by atoms with van der Waals surface area (Å²) in [5.74, 6) is -0.420. The Morgan fingerprint density at radius 3 is 2.83 bits per heavy atom. The van der Waals surface area contributed by atoms with Gasteiger partial charge in [-0.3, -0.25) is 14.6 Å². The van der Waals surface area contributed by atoms with E-state index in [2.05, 4.69) is 15.3 Å². The molecule has 1 atom stereocenters. The van der Waals surface area contributed by atoms with Crippen LogP contribution in [0.15, 0.2) is 48.1 Å². The largest absolute Gasteiger partial charge is 0.495 e. The highest BCUT2D eigenvalue weighted by Gasteiger charge is 2.20. The number of thiazole rings is 1. The molecule has 7 nitrogen and oxygen atoms in total. The van der Waals surface area contributed by atoms with Crippen LogP contribution < -0.4 is 10.1 Å². The number of pyridine rings is 1. The number of nitrogens with one attached hydrogen (secondary N) is 1. The molecule has 2 heterocycles. The summed E-state index contributed by atoms with van der Waals surface area (Å²) in [6.45, 7) is 3.43. The first-order valence-electron chi connectivity index (χ1n) is 8.96. The maximum atomic E-state index is 12.4. The number of rotatable bonds is 7. The number of carbonyl (C=O) groups is 2. The van der Waals surface area contributed by atoms with Crippen molar-refractivity contribution in [2.75, 3.05) is 12.4 Å². The third kappa shape index (κ3) is 5.39. The van der Waals surface area contributed by atoms with Gasteiger partial charge < -0.3 is 14.8 Å². The van der Waals surface area contributed by atoms with E-state index in [1.165, 1.54) is 25.4 Å². The van der Waals surface area contributed by atoms with Gasteiger partial charge in [0.05, 0.1) is 24.9 Å². The lowest BCUT2D eigenvalue weighted by Gasteiger charge is -2.15. The smallest absolute Gasteiger partial charge is 0.312 e. The zero-order valence-electron chi connectivity index (χ0n) is 16.3. The first kappa shape index (κ1) is 20.5. The molecule has 8 heteroatoms. The molecule has 0 aliphatic rings. The molecule has 1 aromatic carbocycles. The Kier molecular flexibility index (Phi) is 6.56. The number of hydrogen-bond acceptors (Lipinski definition) is 7. The van der Waals surface area contributed by atoms with E-state index in [9.17, 15) is 9.59 Å². The Bertz CT molecular complexity index is 1000. The summed E-state index contributed by atoms with van der Waals surface area (Å²) in [6, 6.07) is 9.17. The van der Waals surface area contributed by atoms with Gasteiger partial charge in [-0.05, 0) is 43.7 Å². The molecule has 0 spiro atoms. The molecule has 1 amide bonds. The zero-order chi connectivity index (χ0) is 20.8.